The van der Waals surface area contributed by atoms with Crippen LogP contribution in [0.15, 0.2) is 24.3 Å². The second kappa shape index (κ2) is 9.25. The molecular weight excluding hydrogens is 304 g/mol. The molecule has 0 aliphatic heterocycles. The van der Waals surface area contributed by atoms with Gasteiger partial charge in [-0.1, -0.05) is 37.6 Å². The van der Waals surface area contributed by atoms with Crippen LogP contribution < -0.4 is 0 Å². The number of carboxylic acids is 2. The van der Waals surface area contributed by atoms with Gasteiger partial charge in [0.2, 0.25) is 0 Å². The number of benzene rings is 1. The van der Waals surface area contributed by atoms with Crippen LogP contribution in [0.5, 0.6) is 0 Å². The lowest BCUT2D eigenvalue weighted by Crippen LogP contribution is -2.22. The average molecular weight is 324 g/mol. The quantitative estimate of drug-likeness (QED) is 0.643. The molecule has 0 fully saturated rings. The van der Waals surface area contributed by atoms with Gasteiger partial charge in [-0.2, -0.15) is 0 Å². The molecule has 0 saturated heterocycles. The minimum atomic E-state index is -1.17. The molecule has 0 saturated carbocycles. The number of unbranched alkanes of at least 4 members (excludes halogenated alkanes) is 1. The molecule has 2 N–H and O–H groups in total. The van der Waals surface area contributed by atoms with Crippen molar-refractivity contribution in [1.29, 1.82) is 0 Å². The number of aliphatic carboxylic acids is 2. The molecule has 0 aliphatic carbocycles. The molecule has 22 heavy (non-hydrogen) atoms. The number of ketones is 1. The zero-order chi connectivity index (χ0) is 16.5. The molecule has 1 rings (SSSR count). The van der Waals surface area contributed by atoms with E-state index in [1.807, 2.05) is 12.1 Å². The second-order valence-corrected chi connectivity index (χ2v) is 6.15. The summed E-state index contributed by atoms with van der Waals surface area (Å²) in [5.74, 6) is -2.88. The summed E-state index contributed by atoms with van der Waals surface area (Å²) in [4.78, 5) is 33.7. The van der Waals surface area contributed by atoms with E-state index >= 15 is 0 Å². The first-order valence-corrected chi connectivity index (χ1v) is 8.17. The van der Waals surface area contributed by atoms with E-state index in [1.54, 1.807) is 12.1 Å². The summed E-state index contributed by atoms with van der Waals surface area (Å²) in [6, 6.07) is 7.16. The molecule has 6 heteroatoms. The predicted molar refractivity (Wildman–Crippen MR) is 85.5 cm³/mol. The molecule has 0 unspecified atom stereocenters. The van der Waals surface area contributed by atoms with Crippen LogP contribution in [0.2, 0.25) is 0 Å². The predicted octanol–water partition coefficient (Wildman–Crippen LogP) is 2.87. The number of rotatable bonds is 10. The number of carbonyl (C=O) groups is 3. The highest BCUT2D eigenvalue weighted by molar-refractivity contribution is 8.01. The van der Waals surface area contributed by atoms with E-state index < -0.39 is 17.2 Å². The fourth-order valence-electron chi connectivity index (χ4n) is 1.91. The maximum atomic E-state index is 12.1. The third-order valence-electron chi connectivity index (χ3n) is 3.15. The summed E-state index contributed by atoms with van der Waals surface area (Å²) in [5, 5.41) is 16.6. The Bertz CT molecular complexity index is 524. The van der Waals surface area contributed by atoms with Crippen molar-refractivity contribution in [3.63, 3.8) is 0 Å². The number of carbonyl (C=O) groups excluding carboxylic acids is 1. The molecule has 1 atom stereocenters. The molecule has 0 amide bonds. The Morgan fingerprint density at radius 2 is 1.77 bits per heavy atom. The lowest BCUT2D eigenvalue weighted by molar-refractivity contribution is -0.136. The normalized spacial score (nSPS) is 11.9. The van der Waals surface area contributed by atoms with Crippen molar-refractivity contribution in [2.75, 3.05) is 5.75 Å². The van der Waals surface area contributed by atoms with E-state index in [1.165, 1.54) is 0 Å². The maximum Gasteiger partial charge on any atom is 0.317 e. The molecule has 1 aromatic carbocycles. The monoisotopic (exact) mass is 324 g/mol. The molecule has 0 aliphatic rings. The molecule has 5 nitrogen and oxygen atoms in total. The molecule has 0 radical (unpaired) electrons. The van der Waals surface area contributed by atoms with Gasteiger partial charge in [0.25, 0.3) is 0 Å². The summed E-state index contributed by atoms with van der Waals surface area (Å²) in [5.41, 5.74) is 1.61. The molecule has 0 bridgehead atoms. The first kappa shape index (κ1) is 18.2. The minimum absolute atomic E-state index is 0.207. The van der Waals surface area contributed by atoms with Crippen molar-refractivity contribution in [2.24, 2.45) is 0 Å². The minimum Gasteiger partial charge on any atom is -0.481 e. The van der Waals surface area contributed by atoms with Gasteiger partial charge in [0.15, 0.2) is 5.78 Å². The number of hydrogen-bond acceptors (Lipinski definition) is 4. The molecular formula is C16H20O5S. The Kier molecular flexibility index (Phi) is 7.66. The van der Waals surface area contributed by atoms with Gasteiger partial charge in [0, 0.05) is 12.0 Å². The van der Waals surface area contributed by atoms with Crippen LogP contribution in [0.3, 0.4) is 0 Å². The molecule has 120 valence electrons. The smallest absolute Gasteiger partial charge is 0.317 e. The Morgan fingerprint density at radius 3 is 2.27 bits per heavy atom. The Balaban J connectivity index is 2.65. The summed E-state index contributed by atoms with van der Waals surface area (Å²) < 4.78 is 0. The van der Waals surface area contributed by atoms with E-state index in [2.05, 4.69) is 6.92 Å². The molecule has 0 aromatic heterocycles. The van der Waals surface area contributed by atoms with Crippen LogP contribution in [0.25, 0.3) is 0 Å². The van der Waals surface area contributed by atoms with Crippen LogP contribution in [0, 0.1) is 0 Å². The lowest BCUT2D eigenvalue weighted by atomic mass is 10.0. The van der Waals surface area contributed by atoms with E-state index in [0.717, 1.165) is 36.6 Å². The van der Waals surface area contributed by atoms with Crippen molar-refractivity contribution in [3.05, 3.63) is 35.4 Å². The largest absolute Gasteiger partial charge is 0.481 e. The number of Topliss-reactive ketones (excluding diaryl/α,β-unsaturated/α-hetero) is 1. The average Bonchev–Trinajstić information content (AvgIpc) is 2.49. The van der Waals surface area contributed by atoms with E-state index in [4.69, 9.17) is 10.2 Å². The Morgan fingerprint density at radius 1 is 1.14 bits per heavy atom. The van der Waals surface area contributed by atoms with Crippen LogP contribution >= 0.6 is 11.8 Å². The van der Waals surface area contributed by atoms with E-state index in [9.17, 15) is 14.4 Å². The topological polar surface area (TPSA) is 91.7 Å². The fourth-order valence-corrected chi connectivity index (χ4v) is 2.67. The van der Waals surface area contributed by atoms with Crippen LogP contribution in [-0.4, -0.2) is 38.9 Å². The summed E-state index contributed by atoms with van der Waals surface area (Å²) in [6.07, 6.45) is 2.93. The summed E-state index contributed by atoms with van der Waals surface area (Å²) >= 11 is 0.755. The standard InChI is InChI=1S/C16H20O5S/c1-2-3-4-11-5-7-12(8-6-11)13(17)9-14(16(20)21)22-10-15(18)19/h5-8,14H,2-4,9-10H2,1H3,(H,18,19)(H,20,21)/t14-/m1/s1. The van der Waals surface area contributed by atoms with Crippen molar-refractivity contribution >= 4 is 29.5 Å². The summed E-state index contributed by atoms with van der Waals surface area (Å²) in [7, 11) is 0. The van der Waals surface area contributed by atoms with Crippen molar-refractivity contribution in [1.82, 2.24) is 0 Å². The third kappa shape index (κ3) is 6.30. The highest BCUT2D eigenvalue weighted by Gasteiger charge is 2.23. The molecule has 0 spiro atoms. The Hall–Kier alpha value is -1.82. The zero-order valence-corrected chi connectivity index (χ0v) is 13.3. The van der Waals surface area contributed by atoms with Gasteiger partial charge in [-0.15, -0.1) is 11.8 Å². The van der Waals surface area contributed by atoms with Crippen LogP contribution in [0.1, 0.15) is 42.1 Å². The SMILES string of the molecule is CCCCc1ccc(C(=O)C[C@@H](SCC(=O)O)C(=O)O)cc1. The maximum absolute atomic E-state index is 12.1. The highest BCUT2D eigenvalue weighted by atomic mass is 32.2. The lowest BCUT2D eigenvalue weighted by Gasteiger charge is -2.10. The van der Waals surface area contributed by atoms with Crippen molar-refractivity contribution in [2.45, 2.75) is 37.9 Å². The fraction of sp³-hybridized carbons (Fsp3) is 0.438. The highest BCUT2D eigenvalue weighted by Crippen LogP contribution is 2.18. The van der Waals surface area contributed by atoms with E-state index in [0.29, 0.717) is 5.56 Å². The number of thioether (sulfide) groups is 1. The number of hydrogen-bond donors (Lipinski definition) is 2. The summed E-state index contributed by atoms with van der Waals surface area (Å²) in [6.45, 7) is 2.11. The second-order valence-electron chi connectivity index (χ2n) is 4.96. The van der Waals surface area contributed by atoms with Gasteiger partial charge in [-0.3, -0.25) is 14.4 Å². The van der Waals surface area contributed by atoms with Crippen LogP contribution in [0.4, 0.5) is 0 Å². The van der Waals surface area contributed by atoms with Gasteiger partial charge in [0.05, 0.1) is 5.75 Å². The van der Waals surface area contributed by atoms with Gasteiger partial charge in [-0.05, 0) is 18.4 Å². The molecule has 1 aromatic rings. The third-order valence-corrected chi connectivity index (χ3v) is 4.33. The zero-order valence-electron chi connectivity index (χ0n) is 12.4. The van der Waals surface area contributed by atoms with Gasteiger partial charge in [-0.25, -0.2) is 0 Å². The van der Waals surface area contributed by atoms with Gasteiger partial charge < -0.3 is 10.2 Å². The molecule has 0 heterocycles. The number of carboxylic acid groups (broad SMARTS) is 2. The van der Waals surface area contributed by atoms with Crippen molar-refractivity contribution < 1.29 is 24.6 Å². The van der Waals surface area contributed by atoms with Crippen molar-refractivity contribution in [3.8, 4) is 0 Å². The van der Waals surface area contributed by atoms with E-state index in [-0.39, 0.29) is 18.0 Å². The first-order chi connectivity index (χ1) is 10.4. The van der Waals surface area contributed by atoms with Gasteiger partial charge in [0.1, 0.15) is 5.25 Å². The Labute approximate surface area is 133 Å². The van der Waals surface area contributed by atoms with Crippen LogP contribution in [-0.2, 0) is 16.0 Å². The van der Waals surface area contributed by atoms with Gasteiger partial charge >= 0.3 is 11.9 Å². The number of aryl methyl sites for hydroxylation is 1. The first-order valence-electron chi connectivity index (χ1n) is 7.12.